The topological polar surface area (TPSA) is 84.0 Å². The van der Waals surface area contributed by atoms with Crippen molar-refractivity contribution in [1.29, 1.82) is 0 Å². The molecular formula is C22H22N4O2S. The maximum Gasteiger partial charge on any atom is 0.257 e. The van der Waals surface area contributed by atoms with Crippen LogP contribution in [-0.4, -0.2) is 21.8 Å². The summed E-state index contributed by atoms with van der Waals surface area (Å²) in [6.45, 7) is 2.43. The van der Waals surface area contributed by atoms with Crippen LogP contribution in [0.3, 0.4) is 0 Å². The number of hydrogen-bond acceptors (Lipinski definition) is 5. The molecule has 4 rings (SSSR count). The Morgan fingerprint density at radius 2 is 2.03 bits per heavy atom. The molecule has 3 aromatic rings. The van der Waals surface area contributed by atoms with Gasteiger partial charge in [0.05, 0.1) is 11.6 Å². The molecule has 2 heterocycles. The van der Waals surface area contributed by atoms with Gasteiger partial charge in [0, 0.05) is 29.4 Å². The number of carbonyl (C=O) groups is 2. The number of anilines is 1. The molecule has 6 nitrogen and oxygen atoms in total. The van der Waals surface area contributed by atoms with Gasteiger partial charge >= 0.3 is 0 Å². The maximum atomic E-state index is 12.8. The van der Waals surface area contributed by atoms with Crippen molar-refractivity contribution in [2.75, 3.05) is 5.32 Å². The molecule has 2 N–H and O–H groups in total. The molecule has 0 radical (unpaired) electrons. The Morgan fingerprint density at radius 1 is 1.21 bits per heavy atom. The van der Waals surface area contributed by atoms with Crippen LogP contribution in [0.15, 0.2) is 48.8 Å². The maximum absolute atomic E-state index is 12.8. The van der Waals surface area contributed by atoms with Crippen LogP contribution in [0.4, 0.5) is 5.13 Å². The highest BCUT2D eigenvalue weighted by atomic mass is 32.1. The van der Waals surface area contributed by atoms with Gasteiger partial charge in [-0.15, -0.1) is 11.3 Å². The highest BCUT2D eigenvalue weighted by Gasteiger charge is 2.30. The van der Waals surface area contributed by atoms with Crippen LogP contribution in [0.1, 0.15) is 50.8 Å². The van der Waals surface area contributed by atoms with Gasteiger partial charge in [-0.3, -0.25) is 19.9 Å². The highest BCUT2D eigenvalue weighted by Crippen LogP contribution is 2.37. The number of nitrogens with zero attached hydrogens (tertiary/aromatic N) is 2. The Labute approximate surface area is 173 Å². The number of rotatable bonds is 5. The molecule has 1 aromatic carbocycles. The first-order valence-electron chi connectivity index (χ1n) is 9.64. The predicted molar refractivity (Wildman–Crippen MR) is 113 cm³/mol. The van der Waals surface area contributed by atoms with Crippen LogP contribution in [0.2, 0.25) is 0 Å². The van der Waals surface area contributed by atoms with E-state index in [1.807, 2.05) is 31.2 Å². The first-order valence-corrected chi connectivity index (χ1v) is 10.5. The number of hydrogen-bond donors (Lipinski definition) is 2. The molecule has 148 valence electrons. The second-order valence-electron chi connectivity index (χ2n) is 7.17. The molecule has 0 aliphatic heterocycles. The van der Waals surface area contributed by atoms with Gasteiger partial charge in [0.15, 0.2) is 5.13 Å². The molecule has 1 aliphatic rings. The van der Waals surface area contributed by atoms with Crippen molar-refractivity contribution in [1.82, 2.24) is 15.3 Å². The second kappa shape index (κ2) is 8.53. The van der Waals surface area contributed by atoms with E-state index in [0.29, 0.717) is 17.2 Å². The van der Waals surface area contributed by atoms with E-state index >= 15 is 0 Å². The lowest BCUT2D eigenvalue weighted by atomic mass is 9.90. The standard InChI is InChI=1S/C22H22N4O2S/c1-14-7-9-16(10-8-14)20(27)26-22-25-19-17(5-2-6-18(19)29-22)21(28)24-13-15-4-3-11-23-12-15/h3-4,7-12,17H,2,5-6,13H2,1H3,(H,24,28)(H,25,26,27). The van der Waals surface area contributed by atoms with Crippen LogP contribution in [0.25, 0.3) is 0 Å². The fourth-order valence-electron chi connectivity index (χ4n) is 3.42. The summed E-state index contributed by atoms with van der Waals surface area (Å²) in [5.41, 5.74) is 3.45. The van der Waals surface area contributed by atoms with E-state index in [4.69, 9.17) is 0 Å². The molecule has 1 unspecified atom stereocenters. The van der Waals surface area contributed by atoms with Crippen molar-refractivity contribution in [3.63, 3.8) is 0 Å². The van der Waals surface area contributed by atoms with E-state index in [1.165, 1.54) is 11.3 Å². The van der Waals surface area contributed by atoms with Crippen molar-refractivity contribution in [3.05, 3.63) is 76.1 Å². The van der Waals surface area contributed by atoms with Crippen molar-refractivity contribution in [2.24, 2.45) is 0 Å². The van der Waals surface area contributed by atoms with E-state index in [1.54, 1.807) is 24.5 Å². The highest BCUT2D eigenvalue weighted by molar-refractivity contribution is 7.16. The van der Waals surface area contributed by atoms with E-state index in [-0.39, 0.29) is 17.7 Å². The lowest BCUT2D eigenvalue weighted by molar-refractivity contribution is -0.123. The average molecular weight is 407 g/mol. The summed E-state index contributed by atoms with van der Waals surface area (Å²) in [6.07, 6.45) is 6.04. The Balaban J connectivity index is 1.45. The first-order chi connectivity index (χ1) is 14.1. The van der Waals surface area contributed by atoms with Crippen LogP contribution >= 0.6 is 11.3 Å². The summed E-state index contributed by atoms with van der Waals surface area (Å²) in [5.74, 6) is -0.498. The lowest BCUT2D eigenvalue weighted by Crippen LogP contribution is -2.31. The summed E-state index contributed by atoms with van der Waals surface area (Å²) in [4.78, 5) is 35.0. The zero-order chi connectivity index (χ0) is 20.2. The van der Waals surface area contributed by atoms with Gasteiger partial charge in [0.25, 0.3) is 5.91 Å². The summed E-state index contributed by atoms with van der Waals surface area (Å²) < 4.78 is 0. The van der Waals surface area contributed by atoms with Gasteiger partial charge in [0.1, 0.15) is 0 Å². The quantitative estimate of drug-likeness (QED) is 0.674. The molecule has 7 heteroatoms. The molecule has 0 fully saturated rings. The number of amides is 2. The average Bonchev–Trinajstić information content (AvgIpc) is 3.15. The molecule has 0 saturated heterocycles. The third kappa shape index (κ3) is 4.51. The molecule has 29 heavy (non-hydrogen) atoms. The summed E-state index contributed by atoms with van der Waals surface area (Å²) in [6, 6.07) is 11.2. The van der Waals surface area contributed by atoms with E-state index in [9.17, 15) is 9.59 Å². The van der Waals surface area contributed by atoms with Gasteiger partial charge in [-0.25, -0.2) is 4.98 Å². The molecular weight excluding hydrogens is 384 g/mol. The molecule has 1 aliphatic carbocycles. The minimum absolute atomic E-state index is 0.0310. The smallest absolute Gasteiger partial charge is 0.257 e. The van der Waals surface area contributed by atoms with E-state index < -0.39 is 0 Å². The number of carbonyl (C=O) groups excluding carboxylic acids is 2. The number of nitrogens with one attached hydrogen (secondary N) is 2. The van der Waals surface area contributed by atoms with Gasteiger partial charge in [-0.2, -0.15) is 0 Å². The summed E-state index contributed by atoms with van der Waals surface area (Å²) in [5, 5.41) is 6.42. The van der Waals surface area contributed by atoms with Crippen LogP contribution in [0, 0.1) is 6.92 Å². The van der Waals surface area contributed by atoms with Gasteiger partial charge in [-0.05, 0) is 49.9 Å². The van der Waals surface area contributed by atoms with E-state index in [2.05, 4.69) is 20.6 Å². The zero-order valence-corrected chi connectivity index (χ0v) is 17.0. The number of pyridine rings is 1. The molecule has 0 spiro atoms. The zero-order valence-electron chi connectivity index (χ0n) is 16.1. The largest absolute Gasteiger partial charge is 0.351 e. The normalized spacial score (nSPS) is 15.4. The molecule has 0 bridgehead atoms. The van der Waals surface area contributed by atoms with Crippen LogP contribution in [-0.2, 0) is 17.8 Å². The number of aromatic nitrogens is 2. The third-order valence-corrected chi connectivity index (χ3v) is 6.04. The molecule has 0 saturated carbocycles. The van der Waals surface area contributed by atoms with Crippen molar-refractivity contribution in [2.45, 2.75) is 38.6 Å². The second-order valence-corrected chi connectivity index (χ2v) is 8.26. The number of thiazole rings is 1. The van der Waals surface area contributed by atoms with Gasteiger partial charge < -0.3 is 5.32 Å². The SMILES string of the molecule is Cc1ccc(C(=O)Nc2nc3c(s2)CCCC3C(=O)NCc2cccnc2)cc1. The lowest BCUT2D eigenvalue weighted by Gasteiger charge is -2.20. The third-order valence-electron chi connectivity index (χ3n) is 4.99. The van der Waals surface area contributed by atoms with Crippen molar-refractivity contribution < 1.29 is 9.59 Å². The Hall–Kier alpha value is -3.06. The van der Waals surface area contributed by atoms with Crippen LogP contribution < -0.4 is 10.6 Å². The van der Waals surface area contributed by atoms with Gasteiger partial charge in [0.2, 0.25) is 5.91 Å². The fraction of sp³-hybridized carbons (Fsp3) is 0.273. The minimum atomic E-state index is -0.281. The van der Waals surface area contributed by atoms with Crippen molar-refractivity contribution >= 4 is 28.3 Å². The molecule has 2 aromatic heterocycles. The predicted octanol–water partition coefficient (Wildman–Crippen LogP) is 3.84. The number of fused-ring (bicyclic) bond motifs is 1. The Morgan fingerprint density at radius 3 is 2.79 bits per heavy atom. The minimum Gasteiger partial charge on any atom is -0.351 e. The Kier molecular flexibility index (Phi) is 5.67. The Bertz CT molecular complexity index is 1020. The number of benzene rings is 1. The van der Waals surface area contributed by atoms with E-state index in [0.717, 1.165) is 41.0 Å². The summed E-state index contributed by atoms with van der Waals surface area (Å²) >= 11 is 1.46. The van der Waals surface area contributed by atoms with Crippen LogP contribution in [0.5, 0.6) is 0 Å². The number of aryl methyl sites for hydroxylation is 2. The first kappa shape index (κ1) is 19.3. The van der Waals surface area contributed by atoms with Crippen molar-refractivity contribution in [3.8, 4) is 0 Å². The molecule has 1 atom stereocenters. The summed E-state index contributed by atoms with van der Waals surface area (Å²) in [7, 11) is 0. The fourth-order valence-corrected chi connectivity index (χ4v) is 4.48. The molecule has 2 amide bonds. The van der Waals surface area contributed by atoms with Gasteiger partial charge in [-0.1, -0.05) is 23.8 Å². The monoisotopic (exact) mass is 406 g/mol.